The first-order valence-corrected chi connectivity index (χ1v) is 34.7. The molecule has 4 heterocycles. The van der Waals surface area contributed by atoms with Crippen molar-refractivity contribution in [2.75, 3.05) is 52.4 Å². The molecular formula is C72H122N8O12. The number of aliphatic hydroxyl groups is 2. The zero-order valence-electron chi connectivity index (χ0n) is 59.1. The van der Waals surface area contributed by atoms with Crippen molar-refractivity contribution < 1.29 is 58.7 Å². The van der Waals surface area contributed by atoms with Gasteiger partial charge in [-0.05, 0) is 203 Å². The van der Waals surface area contributed by atoms with Gasteiger partial charge in [0.15, 0.2) is 0 Å². The van der Waals surface area contributed by atoms with Gasteiger partial charge in [0.25, 0.3) is 0 Å². The molecule has 3 aliphatic carbocycles. The molecule has 0 spiro atoms. The molecule has 4 saturated heterocycles. The van der Waals surface area contributed by atoms with Crippen LogP contribution < -0.4 is 21.3 Å². The number of fused-ring (bicyclic) bond motifs is 2. The molecule has 3 saturated carbocycles. The van der Waals surface area contributed by atoms with Crippen molar-refractivity contribution in [1.82, 2.24) is 41.0 Å². The van der Waals surface area contributed by atoms with Crippen LogP contribution in [-0.4, -0.2) is 176 Å². The Morgan fingerprint density at radius 3 is 1.79 bits per heavy atom. The largest absolute Gasteiger partial charge is 0.508 e. The minimum absolute atomic E-state index is 0.0158. The maximum absolute atomic E-state index is 14.2. The monoisotopic (exact) mass is 1290 g/mol. The molecule has 20 heteroatoms. The van der Waals surface area contributed by atoms with Crippen molar-refractivity contribution in [3.63, 3.8) is 0 Å². The van der Waals surface area contributed by atoms with Gasteiger partial charge in [-0.15, -0.1) is 0 Å². The van der Waals surface area contributed by atoms with E-state index in [-0.39, 0.29) is 30.4 Å². The van der Waals surface area contributed by atoms with Crippen molar-refractivity contribution in [3.05, 3.63) is 65.2 Å². The maximum Gasteiger partial charge on any atom is 0.408 e. The van der Waals surface area contributed by atoms with Crippen molar-refractivity contribution in [2.45, 2.75) is 255 Å². The van der Waals surface area contributed by atoms with Gasteiger partial charge in [-0.2, -0.15) is 5.06 Å². The quantitative estimate of drug-likeness (QED) is 0.0515. The van der Waals surface area contributed by atoms with Gasteiger partial charge in [0, 0.05) is 56.3 Å². The van der Waals surface area contributed by atoms with Crippen LogP contribution in [0.25, 0.3) is 0 Å². The van der Waals surface area contributed by atoms with Crippen molar-refractivity contribution >= 4 is 30.0 Å². The Balaban J connectivity index is 0.000000304. The molecule has 4 amide bonds. The molecule has 522 valence electrons. The average molecular weight is 1290 g/mol. The lowest BCUT2D eigenvalue weighted by molar-refractivity contribution is -0.183. The molecule has 0 radical (unpaired) electrons. The van der Waals surface area contributed by atoms with E-state index in [1.807, 2.05) is 71.6 Å². The van der Waals surface area contributed by atoms with Gasteiger partial charge in [-0.1, -0.05) is 105 Å². The first kappa shape index (κ1) is 77.6. The van der Waals surface area contributed by atoms with Crippen molar-refractivity contribution in [1.29, 1.82) is 0 Å². The summed E-state index contributed by atoms with van der Waals surface area (Å²) in [5, 5.41) is 54.3. The highest BCUT2D eigenvalue weighted by Gasteiger charge is 2.57. The Kier molecular flexibility index (Phi) is 30.5. The van der Waals surface area contributed by atoms with Gasteiger partial charge >= 0.3 is 18.2 Å². The number of hydrogen-bond donors (Lipinski definition) is 8. The lowest BCUT2D eigenvalue weighted by Gasteiger charge is -2.62. The Bertz CT molecular complexity index is 2580. The highest BCUT2D eigenvalue weighted by Crippen LogP contribution is 2.61. The predicted octanol–water partition coefficient (Wildman–Crippen LogP) is 10.5. The Morgan fingerprint density at radius 2 is 1.29 bits per heavy atom. The van der Waals surface area contributed by atoms with Crippen LogP contribution >= 0.6 is 0 Å². The summed E-state index contributed by atoms with van der Waals surface area (Å²) in [4.78, 5) is 73.9. The van der Waals surface area contributed by atoms with E-state index in [2.05, 4.69) is 90.0 Å². The summed E-state index contributed by atoms with van der Waals surface area (Å²) < 4.78 is 10.2. The highest BCUT2D eigenvalue weighted by molar-refractivity contribution is 5.86. The number of aliphatic hydroxyl groups excluding tert-OH is 2. The lowest BCUT2D eigenvalue weighted by atomic mass is 9.45. The van der Waals surface area contributed by atoms with E-state index in [9.17, 15) is 39.3 Å². The number of carboxylic acids is 1. The number of nitrogens with one attached hydrogen (secondary N) is 4. The summed E-state index contributed by atoms with van der Waals surface area (Å²) in [6.45, 7) is 40.6. The first-order valence-electron chi connectivity index (χ1n) is 34.7. The fourth-order valence-electron chi connectivity index (χ4n) is 14.1. The number of aliphatic carboxylic acids is 1. The standard InChI is InChI=1S/C42H64N4O5.C15H28N2O3.C11H21NO4.C4H9N/c1-27(2)18-34(25-44-16-9-10-17-44)45(24-32-14-7-8-15-37(32)49)22-30-12-11-13-31(19-30)23-46-40(39(29(4)48)38(26-47)51-46)41(50)43-36-21-33-20-35(28(36)3)42(33,5)6;1-11(2)10-12(13(18)17-8-6-7-9-17)16-14(19)20-15(3,4)5;1-7(2)6-8(9(13)14)12-10(15)16-11(3,4)5;1-2-4-5-3-1/h7-8,11-15,19,27-29,33-36,38-40,47-49H,9-10,16-18,20-26H2,1-6H3,(H,43,50);11-12H,6-10H2,1-5H3,(H,16,19);7-8H,6H2,1-5H3,(H,12,15)(H,13,14);5H,1-4H2/t28-,29-,33+,34-,35-,36-,38-,39+,40-;12-;8-;/m000./s1. The Labute approximate surface area is 552 Å². The number of phenolic OH excluding ortho intramolecular Hbond substituents is 1. The van der Waals surface area contributed by atoms with Crippen LogP contribution in [0.3, 0.4) is 0 Å². The minimum atomic E-state index is -1.04. The number of rotatable bonds is 23. The second-order valence-electron chi connectivity index (χ2n) is 30.9. The third-order valence-corrected chi connectivity index (χ3v) is 18.8. The van der Waals surface area contributed by atoms with Gasteiger partial charge in [0.1, 0.15) is 41.2 Å². The van der Waals surface area contributed by atoms with Crippen LogP contribution in [-0.2, 0) is 48.3 Å². The number of hydroxylamine groups is 2. The summed E-state index contributed by atoms with van der Waals surface area (Å²) in [5.74, 6) is 1.26. The summed E-state index contributed by atoms with van der Waals surface area (Å²) in [7, 11) is 0. The molecule has 4 aliphatic heterocycles. The minimum Gasteiger partial charge on any atom is -0.508 e. The molecule has 7 fully saturated rings. The number of para-hydroxylation sites is 1. The number of nitrogens with zero attached hydrogens (tertiary/aromatic N) is 4. The van der Waals surface area contributed by atoms with E-state index in [0.29, 0.717) is 79.3 Å². The number of alkyl carbamates (subject to hydrolysis) is 2. The normalized spacial score (nSPS) is 24.2. The molecule has 11 atom stereocenters. The number of hydrogen-bond acceptors (Lipinski definition) is 15. The average Bonchev–Trinajstić information content (AvgIpc) is 0.936. The number of carboxylic acid groups (broad SMARTS) is 1. The number of phenols is 1. The second-order valence-corrected chi connectivity index (χ2v) is 30.9. The molecule has 0 aromatic heterocycles. The zero-order valence-corrected chi connectivity index (χ0v) is 59.1. The summed E-state index contributed by atoms with van der Waals surface area (Å²) >= 11 is 0. The molecule has 2 bridgehead atoms. The number of likely N-dealkylation sites (tertiary alicyclic amines) is 2. The first-order chi connectivity index (χ1) is 43.2. The van der Waals surface area contributed by atoms with E-state index in [4.69, 9.17) is 19.4 Å². The smallest absolute Gasteiger partial charge is 0.408 e. The van der Waals surface area contributed by atoms with Gasteiger partial charge in [0.05, 0.1) is 19.3 Å². The van der Waals surface area contributed by atoms with Crippen LogP contribution in [0.1, 0.15) is 198 Å². The third kappa shape index (κ3) is 24.9. The molecule has 92 heavy (non-hydrogen) atoms. The molecule has 7 aliphatic rings. The number of amides is 4. The Morgan fingerprint density at radius 1 is 0.739 bits per heavy atom. The Hall–Kier alpha value is -5.09. The number of carbonyl (C=O) groups excluding carboxylic acids is 4. The topological polar surface area (TPSA) is 255 Å². The number of carbonyl (C=O) groups is 5. The van der Waals surface area contributed by atoms with Crippen molar-refractivity contribution in [3.8, 4) is 5.75 Å². The van der Waals surface area contributed by atoms with Crippen molar-refractivity contribution in [2.24, 2.45) is 46.8 Å². The van der Waals surface area contributed by atoms with Gasteiger partial charge < -0.3 is 61.0 Å². The SMILES string of the molecule is C1CCNC1.CC(C)C[C@@H](CN1CCCC1)N(Cc1cccc(CN2O[C@@H](CO)[C@@H]([C@H](C)O)[C@H]2C(=O)N[C@H]2C[C@H]3C[C@@H]([C@@H]2C)C3(C)C)c1)Cc1ccccc1O.CC(C)C[C@H](NC(=O)OC(C)(C)C)C(=O)N1CCCC1.CC(C)C[C@H](NC(=O)OC(C)(C)C)C(=O)O. The number of ether oxygens (including phenoxy) is 2. The molecule has 20 nitrogen and oxygen atoms in total. The van der Waals surface area contributed by atoms with E-state index in [1.54, 1.807) is 38.8 Å². The fraction of sp³-hybridized carbons (Fsp3) is 0.764. The zero-order chi connectivity index (χ0) is 68.3. The molecule has 2 aromatic rings. The highest BCUT2D eigenvalue weighted by atomic mass is 16.7. The lowest BCUT2D eigenvalue weighted by Crippen LogP contribution is -2.62. The van der Waals surface area contributed by atoms with E-state index in [1.165, 1.54) is 45.2 Å². The van der Waals surface area contributed by atoms with Crippen LogP contribution in [0, 0.1) is 46.8 Å². The third-order valence-electron chi connectivity index (χ3n) is 18.8. The second kappa shape index (κ2) is 36.1. The van der Waals surface area contributed by atoms with Crippen LogP contribution in [0.4, 0.5) is 9.59 Å². The van der Waals surface area contributed by atoms with Crippen LogP contribution in [0.2, 0.25) is 0 Å². The van der Waals surface area contributed by atoms with Gasteiger partial charge in [0.2, 0.25) is 11.8 Å². The number of benzene rings is 2. The van der Waals surface area contributed by atoms with Gasteiger partial charge in [-0.3, -0.25) is 19.3 Å². The summed E-state index contributed by atoms with van der Waals surface area (Å²) in [6, 6.07) is 14.5. The predicted molar refractivity (Wildman–Crippen MR) is 361 cm³/mol. The van der Waals surface area contributed by atoms with Crippen LogP contribution in [0.5, 0.6) is 5.75 Å². The number of aromatic hydroxyl groups is 1. The molecule has 8 N–H and O–H groups in total. The van der Waals surface area contributed by atoms with E-state index in [0.717, 1.165) is 75.1 Å². The maximum atomic E-state index is 14.2. The van der Waals surface area contributed by atoms with E-state index >= 15 is 0 Å². The van der Waals surface area contributed by atoms with E-state index < -0.39 is 65.6 Å². The fourth-order valence-corrected chi connectivity index (χ4v) is 14.1. The van der Waals surface area contributed by atoms with Crippen LogP contribution in [0.15, 0.2) is 48.5 Å². The molecular weight excluding hydrogens is 1170 g/mol. The molecule has 0 unspecified atom stereocenters. The summed E-state index contributed by atoms with van der Waals surface area (Å²) in [5.41, 5.74) is 2.23. The summed E-state index contributed by atoms with van der Waals surface area (Å²) in [6.07, 6.45) is 8.95. The molecule has 2 aromatic carbocycles. The van der Waals surface area contributed by atoms with Gasteiger partial charge in [-0.25, -0.2) is 14.4 Å². The molecule has 9 rings (SSSR count).